The number of benzene rings is 1. The quantitative estimate of drug-likeness (QED) is 0.792. The molecule has 3 N–H and O–H groups in total. The zero-order chi connectivity index (χ0) is 17.0. The zero-order valence-electron chi connectivity index (χ0n) is 13.3. The molecular formula is C16H21N3O4. The van der Waals surface area contributed by atoms with Gasteiger partial charge in [0.05, 0.1) is 5.92 Å². The van der Waals surface area contributed by atoms with Gasteiger partial charge in [-0.3, -0.25) is 9.59 Å². The molecule has 1 atom stereocenters. The summed E-state index contributed by atoms with van der Waals surface area (Å²) >= 11 is 0. The second-order valence-electron chi connectivity index (χ2n) is 5.82. The average molecular weight is 319 g/mol. The van der Waals surface area contributed by atoms with Crippen molar-refractivity contribution in [1.29, 1.82) is 0 Å². The van der Waals surface area contributed by atoms with Crippen molar-refractivity contribution < 1.29 is 19.5 Å². The molecule has 1 aliphatic heterocycles. The summed E-state index contributed by atoms with van der Waals surface area (Å²) in [4.78, 5) is 35.8. The Labute approximate surface area is 134 Å². The molecule has 0 spiro atoms. The molecule has 124 valence electrons. The van der Waals surface area contributed by atoms with Crippen molar-refractivity contribution >= 4 is 29.3 Å². The van der Waals surface area contributed by atoms with Crippen molar-refractivity contribution in [2.45, 2.75) is 26.2 Å². The van der Waals surface area contributed by atoms with Crippen LogP contribution in [0.5, 0.6) is 0 Å². The number of anilines is 2. The number of amides is 3. The van der Waals surface area contributed by atoms with Crippen LogP contribution >= 0.6 is 0 Å². The third-order valence-electron chi connectivity index (χ3n) is 3.80. The van der Waals surface area contributed by atoms with E-state index in [0.717, 1.165) is 24.1 Å². The molecule has 1 aliphatic rings. The van der Waals surface area contributed by atoms with Crippen molar-refractivity contribution in [2.75, 3.05) is 24.2 Å². The second kappa shape index (κ2) is 7.13. The molecule has 7 heteroatoms. The van der Waals surface area contributed by atoms with E-state index >= 15 is 0 Å². The highest BCUT2D eigenvalue weighted by Gasteiger charge is 2.18. The van der Waals surface area contributed by atoms with Gasteiger partial charge in [-0.05, 0) is 36.6 Å². The first-order valence-electron chi connectivity index (χ1n) is 7.54. The number of aliphatic carboxylic acids is 1. The molecule has 1 aromatic carbocycles. The number of carbonyl (C=O) groups excluding carboxylic acids is 2. The minimum absolute atomic E-state index is 0.00271. The number of urea groups is 1. The molecule has 0 saturated heterocycles. The Balaban J connectivity index is 2.03. The van der Waals surface area contributed by atoms with E-state index in [2.05, 4.69) is 10.6 Å². The number of hydrogen-bond donors (Lipinski definition) is 3. The average Bonchev–Trinajstić information content (AvgIpc) is 2.67. The normalized spacial score (nSPS) is 15.0. The molecule has 2 rings (SSSR count). The molecule has 3 amide bonds. The van der Waals surface area contributed by atoms with Crippen LogP contribution < -0.4 is 10.6 Å². The van der Waals surface area contributed by atoms with Crippen LogP contribution in [0.2, 0.25) is 0 Å². The molecule has 1 unspecified atom stereocenters. The molecule has 0 fully saturated rings. The summed E-state index contributed by atoms with van der Waals surface area (Å²) in [6, 6.07) is 4.97. The predicted octanol–water partition coefficient (Wildman–Crippen LogP) is 2.15. The van der Waals surface area contributed by atoms with Crippen LogP contribution in [-0.2, 0) is 16.0 Å². The molecule has 0 aliphatic carbocycles. The molecule has 0 aromatic heterocycles. The van der Waals surface area contributed by atoms with Crippen molar-refractivity contribution in [3.63, 3.8) is 0 Å². The van der Waals surface area contributed by atoms with Gasteiger partial charge in [0, 0.05) is 31.4 Å². The van der Waals surface area contributed by atoms with Crippen molar-refractivity contribution in [3.05, 3.63) is 23.8 Å². The second-order valence-corrected chi connectivity index (χ2v) is 5.82. The van der Waals surface area contributed by atoms with Gasteiger partial charge in [0.1, 0.15) is 0 Å². The fraction of sp³-hybridized carbons (Fsp3) is 0.438. The monoisotopic (exact) mass is 319 g/mol. The number of carboxylic acids is 1. The zero-order valence-corrected chi connectivity index (χ0v) is 13.3. The maximum Gasteiger partial charge on any atom is 0.321 e. The first-order valence-corrected chi connectivity index (χ1v) is 7.54. The Morgan fingerprint density at radius 2 is 2.13 bits per heavy atom. The minimum Gasteiger partial charge on any atom is -0.481 e. The van der Waals surface area contributed by atoms with Gasteiger partial charge in [-0.15, -0.1) is 0 Å². The van der Waals surface area contributed by atoms with E-state index in [1.54, 1.807) is 26.1 Å². The van der Waals surface area contributed by atoms with E-state index in [9.17, 15) is 14.4 Å². The maximum absolute atomic E-state index is 12.1. The first kappa shape index (κ1) is 16.8. The van der Waals surface area contributed by atoms with Gasteiger partial charge >= 0.3 is 12.0 Å². The Morgan fingerprint density at radius 1 is 1.39 bits per heavy atom. The topological polar surface area (TPSA) is 98.7 Å². The van der Waals surface area contributed by atoms with Crippen LogP contribution in [0.15, 0.2) is 18.2 Å². The van der Waals surface area contributed by atoms with Gasteiger partial charge in [-0.2, -0.15) is 0 Å². The number of aryl methyl sites for hydroxylation is 1. The standard InChI is InChI=1S/C16H21N3O4/c1-10(15(21)22)9-19(2)16(23)17-12-6-7-13-11(8-12)4-3-5-14(20)18-13/h6-8,10H,3-5,9H2,1-2H3,(H,17,23)(H,18,20)(H,21,22). The highest BCUT2D eigenvalue weighted by molar-refractivity contribution is 5.94. The molecule has 1 heterocycles. The van der Waals surface area contributed by atoms with E-state index < -0.39 is 11.9 Å². The molecule has 7 nitrogen and oxygen atoms in total. The summed E-state index contributed by atoms with van der Waals surface area (Å²) in [5.74, 6) is -1.57. The summed E-state index contributed by atoms with van der Waals surface area (Å²) in [7, 11) is 1.55. The molecule has 23 heavy (non-hydrogen) atoms. The molecular weight excluding hydrogens is 298 g/mol. The van der Waals surface area contributed by atoms with Crippen LogP contribution in [0.3, 0.4) is 0 Å². The van der Waals surface area contributed by atoms with Crippen molar-refractivity contribution in [3.8, 4) is 0 Å². The van der Waals surface area contributed by atoms with E-state index in [-0.39, 0.29) is 18.5 Å². The number of carboxylic acid groups (broad SMARTS) is 1. The molecule has 0 bridgehead atoms. The van der Waals surface area contributed by atoms with Crippen molar-refractivity contribution in [1.82, 2.24) is 4.90 Å². The first-order chi connectivity index (χ1) is 10.9. The number of nitrogens with one attached hydrogen (secondary N) is 2. The number of carbonyl (C=O) groups is 3. The Kier molecular flexibility index (Phi) is 5.20. The largest absolute Gasteiger partial charge is 0.481 e. The van der Waals surface area contributed by atoms with Gasteiger partial charge in [0.2, 0.25) is 5.91 Å². The van der Waals surface area contributed by atoms with Crippen LogP contribution in [0.4, 0.5) is 16.2 Å². The van der Waals surface area contributed by atoms with Crippen LogP contribution in [0.1, 0.15) is 25.3 Å². The van der Waals surface area contributed by atoms with Crippen LogP contribution in [-0.4, -0.2) is 41.5 Å². The number of fused-ring (bicyclic) bond motifs is 1. The Morgan fingerprint density at radius 3 is 2.83 bits per heavy atom. The third kappa shape index (κ3) is 4.45. The Hall–Kier alpha value is -2.57. The lowest BCUT2D eigenvalue weighted by atomic mass is 10.1. The third-order valence-corrected chi connectivity index (χ3v) is 3.80. The van der Waals surface area contributed by atoms with E-state index in [4.69, 9.17) is 5.11 Å². The number of nitrogens with zero attached hydrogens (tertiary/aromatic N) is 1. The number of hydrogen-bond acceptors (Lipinski definition) is 3. The summed E-state index contributed by atoms with van der Waals surface area (Å²) in [5, 5.41) is 14.5. The Bertz CT molecular complexity index is 630. The summed E-state index contributed by atoms with van der Waals surface area (Å²) in [6.07, 6.45) is 2.03. The summed E-state index contributed by atoms with van der Waals surface area (Å²) in [6.45, 7) is 1.68. The molecule has 1 aromatic rings. The van der Waals surface area contributed by atoms with Crippen LogP contribution in [0.25, 0.3) is 0 Å². The van der Waals surface area contributed by atoms with Gasteiger partial charge in [-0.25, -0.2) is 4.79 Å². The lowest BCUT2D eigenvalue weighted by molar-refractivity contribution is -0.141. The highest BCUT2D eigenvalue weighted by atomic mass is 16.4. The predicted molar refractivity (Wildman–Crippen MR) is 86.5 cm³/mol. The highest BCUT2D eigenvalue weighted by Crippen LogP contribution is 2.25. The van der Waals surface area contributed by atoms with Crippen LogP contribution in [0, 0.1) is 5.92 Å². The maximum atomic E-state index is 12.1. The van der Waals surface area contributed by atoms with Crippen molar-refractivity contribution in [2.24, 2.45) is 5.92 Å². The van der Waals surface area contributed by atoms with Gasteiger partial charge in [-0.1, -0.05) is 6.92 Å². The fourth-order valence-corrected chi connectivity index (χ4v) is 2.44. The lowest BCUT2D eigenvalue weighted by Gasteiger charge is -2.20. The van der Waals surface area contributed by atoms with Gasteiger partial charge < -0.3 is 20.6 Å². The number of rotatable bonds is 4. The lowest BCUT2D eigenvalue weighted by Crippen LogP contribution is -2.36. The fourth-order valence-electron chi connectivity index (χ4n) is 2.44. The molecule has 0 saturated carbocycles. The van der Waals surface area contributed by atoms with E-state index in [1.807, 2.05) is 6.07 Å². The smallest absolute Gasteiger partial charge is 0.321 e. The molecule has 0 radical (unpaired) electrons. The minimum atomic E-state index is -0.939. The van der Waals surface area contributed by atoms with E-state index in [1.165, 1.54) is 4.90 Å². The summed E-state index contributed by atoms with van der Waals surface area (Å²) in [5.41, 5.74) is 2.38. The van der Waals surface area contributed by atoms with Gasteiger partial charge in [0.15, 0.2) is 0 Å². The SMILES string of the molecule is CC(CN(C)C(=O)Nc1ccc2c(c1)CCCC(=O)N2)C(=O)O. The summed E-state index contributed by atoms with van der Waals surface area (Å²) < 4.78 is 0. The van der Waals surface area contributed by atoms with Gasteiger partial charge in [0.25, 0.3) is 0 Å². The van der Waals surface area contributed by atoms with E-state index in [0.29, 0.717) is 12.1 Å².